The molecule has 0 radical (unpaired) electrons. The maximum Gasteiger partial charge on any atom is 0.125 e. The Kier molecular flexibility index (Phi) is 9.91. The van der Waals surface area contributed by atoms with Crippen LogP contribution in [-0.2, 0) is 9.53 Å². The molecular formula is C13H26O2. The Balaban J connectivity index is 3.56. The molecule has 2 heteroatoms. The minimum absolute atomic E-state index is 0.0914. The molecule has 0 heterocycles. The first-order valence-corrected chi connectivity index (χ1v) is 6.31. The van der Waals surface area contributed by atoms with Crippen molar-refractivity contribution in [3.63, 3.8) is 0 Å². The van der Waals surface area contributed by atoms with E-state index in [-0.39, 0.29) is 5.92 Å². The summed E-state index contributed by atoms with van der Waals surface area (Å²) in [5, 5.41) is 0. The van der Waals surface area contributed by atoms with Gasteiger partial charge in [-0.05, 0) is 18.8 Å². The summed E-state index contributed by atoms with van der Waals surface area (Å²) in [6.45, 7) is 7.87. The SMILES string of the molecule is CCCCC(CC)COCC(C=O)CC. The molecule has 90 valence electrons. The zero-order valence-corrected chi connectivity index (χ0v) is 10.5. The van der Waals surface area contributed by atoms with E-state index in [1.165, 1.54) is 25.7 Å². The van der Waals surface area contributed by atoms with Gasteiger partial charge in [0.15, 0.2) is 0 Å². The van der Waals surface area contributed by atoms with Crippen LogP contribution in [0.1, 0.15) is 52.9 Å². The third-order valence-electron chi connectivity index (χ3n) is 2.95. The van der Waals surface area contributed by atoms with E-state index in [4.69, 9.17) is 4.74 Å². The molecule has 0 aromatic rings. The summed E-state index contributed by atoms with van der Waals surface area (Å²) in [6.07, 6.45) is 6.86. The lowest BCUT2D eigenvalue weighted by Gasteiger charge is -2.16. The maximum atomic E-state index is 10.6. The average molecular weight is 214 g/mol. The highest BCUT2D eigenvalue weighted by Crippen LogP contribution is 2.13. The lowest BCUT2D eigenvalue weighted by molar-refractivity contribution is -0.113. The molecular weight excluding hydrogens is 188 g/mol. The molecule has 2 unspecified atom stereocenters. The van der Waals surface area contributed by atoms with Crippen LogP contribution in [0.25, 0.3) is 0 Å². The van der Waals surface area contributed by atoms with Gasteiger partial charge in [-0.25, -0.2) is 0 Å². The molecule has 0 rings (SSSR count). The van der Waals surface area contributed by atoms with Crippen molar-refractivity contribution < 1.29 is 9.53 Å². The van der Waals surface area contributed by atoms with E-state index in [0.29, 0.717) is 12.5 Å². The van der Waals surface area contributed by atoms with Gasteiger partial charge in [0.1, 0.15) is 6.29 Å². The molecule has 0 bridgehead atoms. The minimum Gasteiger partial charge on any atom is -0.380 e. The van der Waals surface area contributed by atoms with Crippen LogP contribution in [-0.4, -0.2) is 19.5 Å². The molecule has 0 amide bonds. The third-order valence-corrected chi connectivity index (χ3v) is 2.95. The molecule has 0 N–H and O–H groups in total. The first-order chi connectivity index (χ1) is 7.28. The van der Waals surface area contributed by atoms with E-state index in [1.54, 1.807) is 0 Å². The molecule has 0 fully saturated rings. The Morgan fingerprint density at radius 1 is 1.13 bits per heavy atom. The van der Waals surface area contributed by atoms with Crippen molar-refractivity contribution in [2.75, 3.05) is 13.2 Å². The summed E-state index contributed by atoms with van der Waals surface area (Å²) in [6, 6.07) is 0. The van der Waals surface area contributed by atoms with Crippen molar-refractivity contribution in [2.24, 2.45) is 11.8 Å². The minimum atomic E-state index is 0.0914. The van der Waals surface area contributed by atoms with Crippen molar-refractivity contribution in [1.82, 2.24) is 0 Å². The molecule has 0 aromatic heterocycles. The number of rotatable bonds is 10. The van der Waals surface area contributed by atoms with Crippen LogP contribution >= 0.6 is 0 Å². The predicted molar refractivity (Wildman–Crippen MR) is 64.0 cm³/mol. The van der Waals surface area contributed by atoms with Gasteiger partial charge in [0.2, 0.25) is 0 Å². The normalized spacial score (nSPS) is 14.9. The predicted octanol–water partition coefficient (Wildman–Crippen LogP) is 3.44. The largest absolute Gasteiger partial charge is 0.380 e. The highest BCUT2D eigenvalue weighted by Gasteiger charge is 2.08. The van der Waals surface area contributed by atoms with E-state index < -0.39 is 0 Å². The molecule has 0 aliphatic heterocycles. The Morgan fingerprint density at radius 2 is 1.87 bits per heavy atom. The van der Waals surface area contributed by atoms with Crippen LogP contribution in [0.2, 0.25) is 0 Å². The second-order valence-corrected chi connectivity index (χ2v) is 4.26. The second kappa shape index (κ2) is 10.2. The smallest absolute Gasteiger partial charge is 0.125 e. The Morgan fingerprint density at radius 3 is 2.33 bits per heavy atom. The average Bonchev–Trinajstić information content (AvgIpc) is 2.28. The lowest BCUT2D eigenvalue weighted by Crippen LogP contribution is -2.15. The quantitative estimate of drug-likeness (QED) is 0.521. The fourth-order valence-electron chi connectivity index (χ4n) is 1.54. The Labute approximate surface area is 94.4 Å². The van der Waals surface area contributed by atoms with Crippen LogP contribution in [0.3, 0.4) is 0 Å². The van der Waals surface area contributed by atoms with Gasteiger partial charge in [-0.15, -0.1) is 0 Å². The van der Waals surface area contributed by atoms with Gasteiger partial charge in [0.25, 0.3) is 0 Å². The van der Waals surface area contributed by atoms with Crippen LogP contribution in [0, 0.1) is 11.8 Å². The highest BCUT2D eigenvalue weighted by molar-refractivity contribution is 5.53. The van der Waals surface area contributed by atoms with Crippen LogP contribution in [0.5, 0.6) is 0 Å². The van der Waals surface area contributed by atoms with E-state index >= 15 is 0 Å². The van der Waals surface area contributed by atoms with Crippen LogP contribution < -0.4 is 0 Å². The summed E-state index contributed by atoms with van der Waals surface area (Å²) < 4.78 is 5.60. The summed E-state index contributed by atoms with van der Waals surface area (Å²) in [5.74, 6) is 0.766. The van der Waals surface area contributed by atoms with Crippen molar-refractivity contribution in [2.45, 2.75) is 52.9 Å². The summed E-state index contributed by atoms with van der Waals surface area (Å²) in [5.41, 5.74) is 0. The fraction of sp³-hybridized carbons (Fsp3) is 0.923. The summed E-state index contributed by atoms with van der Waals surface area (Å²) in [7, 11) is 0. The van der Waals surface area contributed by atoms with Crippen molar-refractivity contribution in [1.29, 1.82) is 0 Å². The van der Waals surface area contributed by atoms with Gasteiger partial charge in [-0.3, -0.25) is 0 Å². The Bertz CT molecular complexity index is 145. The van der Waals surface area contributed by atoms with Gasteiger partial charge in [-0.2, -0.15) is 0 Å². The van der Waals surface area contributed by atoms with Crippen LogP contribution in [0.4, 0.5) is 0 Å². The highest BCUT2D eigenvalue weighted by atomic mass is 16.5. The summed E-state index contributed by atoms with van der Waals surface area (Å²) >= 11 is 0. The molecule has 0 aliphatic carbocycles. The maximum absolute atomic E-state index is 10.6. The van der Waals surface area contributed by atoms with Gasteiger partial charge in [0.05, 0.1) is 6.61 Å². The molecule has 0 aromatic carbocycles. The van der Waals surface area contributed by atoms with E-state index in [1.807, 2.05) is 6.92 Å². The standard InChI is InChI=1S/C13H26O2/c1-4-7-8-12(5-2)10-15-11-13(6-3)9-14/h9,12-13H,4-8,10-11H2,1-3H3. The zero-order chi connectivity index (χ0) is 11.5. The second-order valence-electron chi connectivity index (χ2n) is 4.26. The molecule has 2 atom stereocenters. The van der Waals surface area contributed by atoms with E-state index in [2.05, 4.69) is 13.8 Å². The van der Waals surface area contributed by atoms with Crippen molar-refractivity contribution in [3.05, 3.63) is 0 Å². The van der Waals surface area contributed by atoms with Gasteiger partial charge in [0, 0.05) is 12.5 Å². The van der Waals surface area contributed by atoms with Gasteiger partial charge < -0.3 is 9.53 Å². The monoisotopic (exact) mass is 214 g/mol. The number of unbranched alkanes of at least 4 members (excludes halogenated alkanes) is 1. The van der Waals surface area contributed by atoms with E-state index in [9.17, 15) is 4.79 Å². The number of hydrogen-bond acceptors (Lipinski definition) is 2. The molecule has 15 heavy (non-hydrogen) atoms. The van der Waals surface area contributed by atoms with Gasteiger partial charge in [-0.1, -0.05) is 40.0 Å². The van der Waals surface area contributed by atoms with E-state index in [0.717, 1.165) is 19.3 Å². The molecule has 0 saturated heterocycles. The van der Waals surface area contributed by atoms with Crippen LogP contribution in [0.15, 0.2) is 0 Å². The lowest BCUT2D eigenvalue weighted by atomic mass is 10.0. The van der Waals surface area contributed by atoms with Crippen molar-refractivity contribution >= 4 is 6.29 Å². The third kappa shape index (κ3) is 7.55. The number of hydrogen-bond donors (Lipinski definition) is 0. The zero-order valence-electron chi connectivity index (χ0n) is 10.5. The molecule has 0 aliphatic rings. The van der Waals surface area contributed by atoms with Gasteiger partial charge >= 0.3 is 0 Å². The number of carbonyl (C=O) groups is 1. The topological polar surface area (TPSA) is 26.3 Å². The summed E-state index contributed by atoms with van der Waals surface area (Å²) in [4.78, 5) is 10.6. The molecule has 0 saturated carbocycles. The number of aldehydes is 1. The molecule has 2 nitrogen and oxygen atoms in total. The first kappa shape index (κ1) is 14.6. The first-order valence-electron chi connectivity index (χ1n) is 6.31. The fourth-order valence-corrected chi connectivity index (χ4v) is 1.54. The van der Waals surface area contributed by atoms with Crippen molar-refractivity contribution in [3.8, 4) is 0 Å². The Hall–Kier alpha value is -0.370. The number of carbonyl (C=O) groups excluding carboxylic acids is 1. The molecule has 0 spiro atoms. The number of ether oxygens (including phenoxy) is 1.